The number of fused-ring (bicyclic) bond motifs is 1. The fraction of sp³-hybridized carbons (Fsp3) is 0.286. The minimum Gasteiger partial charge on any atom is -0.482 e. The van der Waals surface area contributed by atoms with Gasteiger partial charge in [0, 0.05) is 13.1 Å². The lowest BCUT2D eigenvalue weighted by Crippen LogP contribution is -2.35. The largest absolute Gasteiger partial charge is 0.482 e. The third kappa shape index (κ3) is 2.59. The molecule has 0 fully saturated rings. The molecule has 0 unspecified atom stereocenters. The van der Waals surface area contributed by atoms with Gasteiger partial charge in [-0.3, -0.25) is 4.79 Å². The Bertz CT molecular complexity index is 563. The summed E-state index contributed by atoms with van der Waals surface area (Å²) < 4.78 is 5.33. The predicted molar refractivity (Wildman–Crippen MR) is 71.3 cm³/mol. The summed E-state index contributed by atoms with van der Waals surface area (Å²) in [6.07, 6.45) is 1.79. The molecule has 5 heteroatoms. The molecule has 0 spiro atoms. The number of carboxylic acids is 1. The molecule has 1 amide bonds. The molecule has 1 aliphatic rings. The zero-order chi connectivity index (χ0) is 14.0. The molecule has 1 aromatic rings. The molecule has 5 nitrogen and oxygen atoms in total. The van der Waals surface area contributed by atoms with Crippen LogP contribution in [0.2, 0.25) is 0 Å². The highest BCUT2D eigenvalue weighted by atomic mass is 16.5. The Balaban J connectivity index is 2.45. The number of hydrogen-bond acceptors (Lipinski definition) is 3. The Morgan fingerprint density at radius 1 is 1.53 bits per heavy atom. The smallest absolute Gasteiger partial charge is 0.328 e. The van der Waals surface area contributed by atoms with Gasteiger partial charge in [0.05, 0.1) is 5.69 Å². The first-order chi connectivity index (χ1) is 9.02. The number of rotatable bonds is 3. The van der Waals surface area contributed by atoms with E-state index < -0.39 is 5.97 Å². The molecule has 0 saturated heterocycles. The Morgan fingerprint density at radius 2 is 2.26 bits per heavy atom. The lowest BCUT2D eigenvalue weighted by molar-refractivity contribution is -0.131. The van der Waals surface area contributed by atoms with Gasteiger partial charge in [-0.15, -0.1) is 0 Å². The number of nitrogens with zero attached hydrogens (tertiary/aromatic N) is 1. The van der Waals surface area contributed by atoms with Gasteiger partial charge in [-0.2, -0.15) is 0 Å². The number of allylic oxidation sites excluding steroid dienone is 1. The van der Waals surface area contributed by atoms with E-state index in [2.05, 4.69) is 0 Å². The predicted octanol–water partition coefficient (Wildman–Crippen LogP) is 1.92. The highest BCUT2D eigenvalue weighted by molar-refractivity contribution is 5.98. The molecule has 2 rings (SSSR count). The Kier molecular flexibility index (Phi) is 3.55. The van der Waals surface area contributed by atoms with Crippen LogP contribution >= 0.6 is 0 Å². The lowest BCUT2D eigenvalue weighted by atomic mass is 10.0. The zero-order valence-electron chi connectivity index (χ0n) is 10.8. The van der Waals surface area contributed by atoms with Gasteiger partial charge < -0.3 is 14.7 Å². The molecular weight excluding hydrogens is 246 g/mol. The number of anilines is 1. The number of ether oxygens (including phenoxy) is 1. The number of carboxylic acid groups (broad SMARTS) is 1. The van der Waals surface area contributed by atoms with E-state index in [0.29, 0.717) is 23.4 Å². The van der Waals surface area contributed by atoms with E-state index in [1.165, 1.54) is 11.0 Å². The number of hydrogen-bond donors (Lipinski definition) is 1. The second-order valence-corrected chi connectivity index (χ2v) is 4.29. The number of carbonyl (C=O) groups excluding carboxylic acids is 1. The van der Waals surface area contributed by atoms with E-state index >= 15 is 0 Å². The molecule has 1 aromatic carbocycles. The van der Waals surface area contributed by atoms with Gasteiger partial charge in [0.2, 0.25) is 0 Å². The first-order valence-electron chi connectivity index (χ1n) is 6.00. The summed E-state index contributed by atoms with van der Waals surface area (Å²) in [6.45, 7) is 1.92. The maximum atomic E-state index is 11.6. The van der Waals surface area contributed by atoms with Crippen LogP contribution in [0.15, 0.2) is 24.3 Å². The fourth-order valence-electron chi connectivity index (χ4n) is 2.01. The van der Waals surface area contributed by atoms with Crippen molar-refractivity contribution in [2.75, 3.05) is 18.6 Å². The Morgan fingerprint density at radius 3 is 2.89 bits per heavy atom. The lowest BCUT2D eigenvalue weighted by Gasteiger charge is -2.26. The minimum atomic E-state index is -0.977. The van der Waals surface area contributed by atoms with Gasteiger partial charge in [0.25, 0.3) is 5.91 Å². The number of amides is 1. The van der Waals surface area contributed by atoms with Crippen LogP contribution in [0.4, 0.5) is 5.69 Å². The fourth-order valence-corrected chi connectivity index (χ4v) is 2.01. The number of carbonyl (C=O) groups is 2. The quantitative estimate of drug-likeness (QED) is 0.844. The third-order valence-electron chi connectivity index (χ3n) is 3.09. The van der Waals surface area contributed by atoms with Crippen LogP contribution in [-0.2, 0) is 9.59 Å². The maximum Gasteiger partial charge on any atom is 0.328 e. The number of aliphatic carboxylic acids is 1. The van der Waals surface area contributed by atoms with Gasteiger partial charge in [-0.05, 0) is 29.7 Å². The van der Waals surface area contributed by atoms with Crippen LogP contribution in [-0.4, -0.2) is 30.6 Å². The van der Waals surface area contributed by atoms with Crippen LogP contribution in [0.1, 0.15) is 18.9 Å². The van der Waals surface area contributed by atoms with Gasteiger partial charge in [-0.25, -0.2) is 4.79 Å². The molecule has 0 aromatic heterocycles. The molecule has 1 heterocycles. The van der Waals surface area contributed by atoms with Crippen molar-refractivity contribution in [2.45, 2.75) is 13.3 Å². The average Bonchev–Trinajstić information content (AvgIpc) is 2.40. The SMILES string of the molecule is CC/C(=C\C(=O)O)c1ccc2c(c1)N(C)C(=O)CO2. The molecular formula is C14H15NO4. The molecule has 100 valence electrons. The highest BCUT2D eigenvalue weighted by Crippen LogP contribution is 2.34. The van der Waals surface area contributed by atoms with Gasteiger partial charge in [0.1, 0.15) is 5.75 Å². The van der Waals surface area contributed by atoms with Crippen LogP contribution in [0.25, 0.3) is 5.57 Å². The first-order valence-corrected chi connectivity index (χ1v) is 6.00. The van der Waals surface area contributed by atoms with Crippen LogP contribution < -0.4 is 9.64 Å². The van der Waals surface area contributed by atoms with Crippen molar-refractivity contribution in [3.8, 4) is 5.75 Å². The maximum absolute atomic E-state index is 11.6. The van der Waals surface area contributed by atoms with Crippen LogP contribution in [0.5, 0.6) is 5.75 Å². The van der Waals surface area contributed by atoms with Crippen molar-refractivity contribution in [1.82, 2.24) is 0 Å². The monoisotopic (exact) mass is 261 g/mol. The molecule has 0 radical (unpaired) electrons. The molecule has 0 bridgehead atoms. The third-order valence-corrected chi connectivity index (χ3v) is 3.09. The summed E-state index contributed by atoms with van der Waals surface area (Å²) in [5.74, 6) is -0.461. The van der Waals surface area contributed by atoms with Crippen molar-refractivity contribution in [3.63, 3.8) is 0 Å². The Labute approximate surface area is 111 Å². The van der Waals surface area contributed by atoms with E-state index in [1.807, 2.05) is 6.92 Å². The molecule has 1 aliphatic heterocycles. The van der Waals surface area contributed by atoms with Gasteiger partial charge in [-0.1, -0.05) is 13.0 Å². The topological polar surface area (TPSA) is 66.8 Å². The standard InChI is InChI=1S/C14H15NO4/c1-3-9(7-14(17)18)10-4-5-12-11(6-10)15(2)13(16)8-19-12/h4-7H,3,8H2,1-2H3,(H,17,18)/b9-7+. The number of benzene rings is 1. The molecule has 0 aliphatic carbocycles. The summed E-state index contributed by atoms with van der Waals surface area (Å²) in [5.41, 5.74) is 2.16. The zero-order valence-corrected chi connectivity index (χ0v) is 10.8. The molecule has 0 saturated carbocycles. The van der Waals surface area contributed by atoms with Crippen molar-refractivity contribution in [2.24, 2.45) is 0 Å². The van der Waals surface area contributed by atoms with E-state index in [1.54, 1.807) is 25.2 Å². The van der Waals surface area contributed by atoms with E-state index in [-0.39, 0.29) is 12.5 Å². The summed E-state index contributed by atoms with van der Waals surface area (Å²) in [7, 11) is 1.68. The summed E-state index contributed by atoms with van der Waals surface area (Å²) in [5, 5.41) is 8.84. The van der Waals surface area contributed by atoms with E-state index in [9.17, 15) is 9.59 Å². The van der Waals surface area contributed by atoms with Crippen molar-refractivity contribution in [3.05, 3.63) is 29.8 Å². The van der Waals surface area contributed by atoms with Crippen molar-refractivity contribution in [1.29, 1.82) is 0 Å². The summed E-state index contributed by atoms with van der Waals surface area (Å²) in [4.78, 5) is 23.9. The minimum absolute atomic E-state index is 0.0362. The molecule has 19 heavy (non-hydrogen) atoms. The number of likely N-dealkylation sites (N-methyl/N-ethyl adjacent to an activating group) is 1. The van der Waals surface area contributed by atoms with Crippen LogP contribution in [0, 0.1) is 0 Å². The van der Waals surface area contributed by atoms with Crippen LogP contribution in [0.3, 0.4) is 0 Å². The van der Waals surface area contributed by atoms with Gasteiger partial charge >= 0.3 is 5.97 Å². The van der Waals surface area contributed by atoms with Crippen molar-refractivity contribution >= 4 is 23.1 Å². The Hall–Kier alpha value is -2.30. The van der Waals surface area contributed by atoms with E-state index in [0.717, 1.165) is 5.56 Å². The van der Waals surface area contributed by atoms with Crippen molar-refractivity contribution < 1.29 is 19.4 Å². The molecule has 0 atom stereocenters. The second kappa shape index (κ2) is 5.14. The second-order valence-electron chi connectivity index (χ2n) is 4.29. The molecule has 1 N–H and O–H groups in total. The highest BCUT2D eigenvalue weighted by Gasteiger charge is 2.22. The summed E-state index contributed by atoms with van der Waals surface area (Å²) in [6, 6.07) is 5.35. The normalized spacial score (nSPS) is 14.9. The summed E-state index contributed by atoms with van der Waals surface area (Å²) >= 11 is 0. The average molecular weight is 261 g/mol. The van der Waals surface area contributed by atoms with Gasteiger partial charge in [0.15, 0.2) is 6.61 Å². The van der Waals surface area contributed by atoms with E-state index in [4.69, 9.17) is 9.84 Å². The first kappa shape index (κ1) is 13.1.